The number of hydrogen-bond acceptors (Lipinski definition) is 2. The molecule has 0 bridgehead atoms. The zero-order valence-electron chi connectivity index (χ0n) is 15.2. The SMILES string of the molecule is C[C@@H]1CCC[C@@H](C)N1CC(=O)NC(c1ccccc1)c1ccccc1. The van der Waals surface area contributed by atoms with E-state index in [-0.39, 0.29) is 11.9 Å². The normalized spacial score (nSPS) is 21.2. The molecule has 3 rings (SSSR count). The predicted molar refractivity (Wildman–Crippen MR) is 102 cm³/mol. The van der Waals surface area contributed by atoms with Gasteiger partial charge in [-0.2, -0.15) is 0 Å². The molecule has 0 saturated carbocycles. The molecule has 2 atom stereocenters. The van der Waals surface area contributed by atoms with Crippen molar-refractivity contribution in [2.24, 2.45) is 0 Å². The van der Waals surface area contributed by atoms with Gasteiger partial charge in [-0.3, -0.25) is 9.69 Å². The van der Waals surface area contributed by atoms with E-state index in [9.17, 15) is 4.79 Å². The summed E-state index contributed by atoms with van der Waals surface area (Å²) in [6, 6.07) is 21.2. The summed E-state index contributed by atoms with van der Waals surface area (Å²) in [7, 11) is 0. The van der Waals surface area contributed by atoms with Gasteiger partial charge in [0.05, 0.1) is 12.6 Å². The Morgan fingerprint density at radius 1 is 0.960 bits per heavy atom. The van der Waals surface area contributed by atoms with Crippen LogP contribution in [-0.4, -0.2) is 29.4 Å². The molecular weight excluding hydrogens is 308 g/mol. The average Bonchev–Trinajstić information content (AvgIpc) is 2.64. The van der Waals surface area contributed by atoms with Gasteiger partial charge in [0.2, 0.25) is 5.91 Å². The molecule has 0 unspecified atom stereocenters. The Kier molecular flexibility index (Phi) is 5.87. The third-order valence-corrected chi connectivity index (χ3v) is 5.27. The Hall–Kier alpha value is -2.13. The van der Waals surface area contributed by atoms with E-state index in [0.717, 1.165) is 11.1 Å². The van der Waals surface area contributed by atoms with Crippen molar-refractivity contribution >= 4 is 5.91 Å². The van der Waals surface area contributed by atoms with Crippen LogP contribution in [0, 0.1) is 0 Å². The summed E-state index contributed by atoms with van der Waals surface area (Å²) < 4.78 is 0. The van der Waals surface area contributed by atoms with Gasteiger partial charge in [-0.25, -0.2) is 0 Å². The predicted octanol–water partition coefficient (Wildman–Crippen LogP) is 4.16. The first-order valence-corrected chi connectivity index (χ1v) is 9.30. The lowest BCUT2D eigenvalue weighted by Gasteiger charge is -2.38. The van der Waals surface area contributed by atoms with Crippen molar-refractivity contribution in [2.45, 2.75) is 51.2 Å². The molecule has 132 valence electrons. The summed E-state index contributed by atoms with van der Waals surface area (Å²) in [6.07, 6.45) is 3.62. The minimum atomic E-state index is -0.106. The van der Waals surface area contributed by atoms with Gasteiger partial charge in [-0.1, -0.05) is 67.1 Å². The molecule has 2 aromatic rings. The summed E-state index contributed by atoms with van der Waals surface area (Å²) in [5, 5.41) is 3.26. The first kappa shape index (κ1) is 17.7. The molecule has 1 saturated heterocycles. The number of hydrogen-bond donors (Lipinski definition) is 1. The van der Waals surface area contributed by atoms with E-state index in [1.54, 1.807) is 0 Å². The van der Waals surface area contributed by atoms with E-state index < -0.39 is 0 Å². The Balaban J connectivity index is 1.75. The van der Waals surface area contributed by atoms with E-state index in [4.69, 9.17) is 0 Å². The number of nitrogens with zero attached hydrogens (tertiary/aromatic N) is 1. The van der Waals surface area contributed by atoms with Crippen molar-refractivity contribution in [1.82, 2.24) is 10.2 Å². The zero-order valence-corrected chi connectivity index (χ0v) is 15.2. The minimum absolute atomic E-state index is 0.0957. The van der Waals surface area contributed by atoms with E-state index in [2.05, 4.69) is 48.3 Å². The maximum absolute atomic E-state index is 12.8. The van der Waals surface area contributed by atoms with Crippen molar-refractivity contribution in [1.29, 1.82) is 0 Å². The molecule has 0 radical (unpaired) electrons. The highest BCUT2D eigenvalue weighted by Crippen LogP contribution is 2.24. The first-order chi connectivity index (χ1) is 12.1. The van der Waals surface area contributed by atoms with Gasteiger partial charge in [-0.15, -0.1) is 0 Å². The Morgan fingerprint density at radius 2 is 1.44 bits per heavy atom. The highest BCUT2D eigenvalue weighted by atomic mass is 16.2. The number of carbonyl (C=O) groups excluding carboxylic acids is 1. The number of piperidine rings is 1. The van der Waals surface area contributed by atoms with Gasteiger partial charge in [-0.05, 0) is 37.8 Å². The fourth-order valence-electron chi connectivity index (χ4n) is 3.81. The highest BCUT2D eigenvalue weighted by molar-refractivity contribution is 5.79. The van der Waals surface area contributed by atoms with Crippen molar-refractivity contribution in [3.05, 3.63) is 71.8 Å². The monoisotopic (exact) mass is 336 g/mol. The van der Waals surface area contributed by atoms with Crippen LogP contribution in [0.4, 0.5) is 0 Å². The lowest BCUT2D eigenvalue weighted by atomic mass is 9.97. The Labute approximate surface area is 151 Å². The fraction of sp³-hybridized carbons (Fsp3) is 0.409. The molecule has 1 aliphatic heterocycles. The molecule has 25 heavy (non-hydrogen) atoms. The average molecular weight is 336 g/mol. The van der Waals surface area contributed by atoms with Crippen LogP contribution >= 0.6 is 0 Å². The number of nitrogens with one attached hydrogen (secondary N) is 1. The Morgan fingerprint density at radius 3 is 1.92 bits per heavy atom. The van der Waals surface area contributed by atoms with Crippen LogP contribution < -0.4 is 5.32 Å². The molecule has 3 nitrogen and oxygen atoms in total. The molecule has 3 heteroatoms. The third-order valence-electron chi connectivity index (χ3n) is 5.27. The van der Waals surface area contributed by atoms with Gasteiger partial charge in [0, 0.05) is 12.1 Å². The first-order valence-electron chi connectivity index (χ1n) is 9.30. The van der Waals surface area contributed by atoms with Crippen LogP contribution in [0.15, 0.2) is 60.7 Å². The standard InChI is InChI=1S/C22H28N2O/c1-17-10-9-11-18(2)24(17)16-21(25)23-22(19-12-5-3-6-13-19)20-14-7-4-8-15-20/h3-8,12-15,17-18,22H,9-11,16H2,1-2H3,(H,23,25)/t17-,18-/m1/s1. The summed E-state index contributed by atoms with van der Waals surface area (Å²) in [4.78, 5) is 15.1. The van der Waals surface area contributed by atoms with E-state index in [1.807, 2.05) is 36.4 Å². The van der Waals surface area contributed by atoms with Gasteiger partial charge in [0.15, 0.2) is 0 Å². The second-order valence-electron chi connectivity index (χ2n) is 7.12. The van der Waals surface area contributed by atoms with Crippen molar-refractivity contribution < 1.29 is 4.79 Å². The summed E-state index contributed by atoms with van der Waals surface area (Å²) in [6.45, 7) is 4.93. The number of likely N-dealkylation sites (tertiary alicyclic amines) is 1. The second-order valence-corrected chi connectivity index (χ2v) is 7.12. The highest BCUT2D eigenvalue weighted by Gasteiger charge is 2.27. The molecule has 2 aromatic carbocycles. The molecule has 1 heterocycles. The summed E-state index contributed by atoms with van der Waals surface area (Å²) in [5.41, 5.74) is 2.23. The van der Waals surface area contributed by atoms with Gasteiger partial charge >= 0.3 is 0 Å². The largest absolute Gasteiger partial charge is 0.344 e. The van der Waals surface area contributed by atoms with E-state index >= 15 is 0 Å². The fourth-order valence-corrected chi connectivity index (χ4v) is 3.81. The van der Waals surface area contributed by atoms with Gasteiger partial charge < -0.3 is 5.32 Å². The van der Waals surface area contributed by atoms with Crippen molar-refractivity contribution in [3.8, 4) is 0 Å². The quantitative estimate of drug-likeness (QED) is 0.889. The smallest absolute Gasteiger partial charge is 0.234 e. The Bertz CT molecular complexity index is 621. The molecule has 0 spiro atoms. The van der Waals surface area contributed by atoms with E-state index in [1.165, 1.54) is 19.3 Å². The maximum Gasteiger partial charge on any atom is 0.234 e. The second kappa shape index (κ2) is 8.30. The van der Waals surface area contributed by atoms with Crippen LogP contribution in [0.3, 0.4) is 0 Å². The number of amides is 1. The van der Waals surface area contributed by atoms with Crippen LogP contribution in [0.2, 0.25) is 0 Å². The number of benzene rings is 2. The topological polar surface area (TPSA) is 32.3 Å². The molecule has 1 N–H and O–H groups in total. The molecule has 1 amide bonds. The minimum Gasteiger partial charge on any atom is -0.344 e. The summed E-state index contributed by atoms with van der Waals surface area (Å²) in [5.74, 6) is 0.0957. The zero-order chi connectivity index (χ0) is 17.6. The van der Waals surface area contributed by atoms with Crippen LogP contribution in [-0.2, 0) is 4.79 Å². The third kappa shape index (κ3) is 4.49. The molecular formula is C22H28N2O. The van der Waals surface area contributed by atoms with Gasteiger partial charge in [0.25, 0.3) is 0 Å². The van der Waals surface area contributed by atoms with Crippen molar-refractivity contribution in [2.75, 3.05) is 6.54 Å². The van der Waals surface area contributed by atoms with Gasteiger partial charge in [0.1, 0.15) is 0 Å². The van der Waals surface area contributed by atoms with Crippen LogP contribution in [0.5, 0.6) is 0 Å². The summed E-state index contributed by atoms with van der Waals surface area (Å²) >= 11 is 0. The molecule has 0 aromatic heterocycles. The van der Waals surface area contributed by atoms with Crippen molar-refractivity contribution in [3.63, 3.8) is 0 Å². The van der Waals surface area contributed by atoms with Crippen LogP contribution in [0.25, 0.3) is 0 Å². The van der Waals surface area contributed by atoms with E-state index in [0.29, 0.717) is 18.6 Å². The molecule has 1 aliphatic rings. The molecule has 0 aliphatic carbocycles. The number of carbonyl (C=O) groups is 1. The molecule has 1 fully saturated rings. The maximum atomic E-state index is 12.8. The lowest BCUT2D eigenvalue weighted by molar-refractivity contribution is -0.124. The van der Waals surface area contributed by atoms with Crippen LogP contribution in [0.1, 0.15) is 50.3 Å². The lowest BCUT2D eigenvalue weighted by Crippen LogP contribution is -2.49. The number of rotatable bonds is 5.